The van der Waals surface area contributed by atoms with Gasteiger partial charge in [0.15, 0.2) is 5.82 Å². The Morgan fingerprint density at radius 1 is 1.37 bits per heavy atom. The van der Waals surface area contributed by atoms with Crippen molar-refractivity contribution >= 4 is 35.0 Å². The van der Waals surface area contributed by atoms with Crippen LogP contribution < -0.4 is 16.4 Å². The van der Waals surface area contributed by atoms with Crippen molar-refractivity contribution in [2.75, 3.05) is 17.2 Å². The Labute approximate surface area is 160 Å². The maximum Gasteiger partial charge on any atom is 0.229 e. The van der Waals surface area contributed by atoms with Gasteiger partial charge in [-0.15, -0.1) is 0 Å². The van der Waals surface area contributed by atoms with Gasteiger partial charge < -0.3 is 21.5 Å². The zero-order chi connectivity index (χ0) is 19.0. The first-order valence-corrected chi connectivity index (χ1v) is 9.10. The van der Waals surface area contributed by atoms with Gasteiger partial charge in [-0.3, -0.25) is 9.48 Å². The number of fused-ring (bicyclic) bond motifs is 2. The van der Waals surface area contributed by atoms with Gasteiger partial charge in [0, 0.05) is 12.2 Å². The highest BCUT2D eigenvalue weighted by molar-refractivity contribution is 6.32. The average Bonchev–Trinajstić information content (AvgIpc) is 3.34. The van der Waals surface area contributed by atoms with Crippen molar-refractivity contribution in [1.82, 2.24) is 19.7 Å². The Hall–Kier alpha value is -2.65. The fraction of sp³-hybridized carbons (Fsp3) is 0.412. The maximum atomic E-state index is 11.9. The molecular formula is C17H20ClN7O2. The second kappa shape index (κ2) is 7.16. The molecule has 2 aliphatic rings. The minimum Gasteiger partial charge on any atom is -0.394 e. The molecule has 2 heterocycles. The lowest BCUT2D eigenvalue weighted by Gasteiger charge is -2.27. The third-order valence-corrected chi connectivity index (χ3v) is 5.33. The third kappa shape index (κ3) is 3.47. The van der Waals surface area contributed by atoms with Crippen LogP contribution in [0.2, 0.25) is 5.02 Å². The predicted molar refractivity (Wildman–Crippen MR) is 100 cm³/mol. The molecule has 0 spiro atoms. The van der Waals surface area contributed by atoms with E-state index in [0.29, 0.717) is 29.0 Å². The van der Waals surface area contributed by atoms with Gasteiger partial charge in [0.2, 0.25) is 11.9 Å². The van der Waals surface area contributed by atoms with E-state index in [0.717, 1.165) is 6.42 Å². The summed E-state index contributed by atoms with van der Waals surface area (Å²) in [6.45, 7) is 0.411. The molecule has 0 aliphatic heterocycles. The number of aliphatic hydroxyl groups excluding tert-OH is 1. The van der Waals surface area contributed by atoms with E-state index in [2.05, 4.69) is 37.9 Å². The lowest BCUT2D eigenvalue weighted by molar-refractivity contribution is -0.122. The quantitative estimate of drug-likeness (QED) is 0.522. The summed E-state index contributed by atoms with van der Waals surface area (Å²) in [4.78, 5) is 20.5. The van der Waals surface area contributed by atoms with Crippen LogP contribution in [0.5, 0.6) is 0 Å². The zero-order valence-electron chi connectivity index (χ0n) is 14.4. The number of nitrogens with zero attached hydrogens (tertiary/aromatic N) is 4. The topological polar surface area (TPSA) is 131 Å². The molecule has 0 radical (unpaired) electrons. The number of aromatic nitrogens is 4. The van der Waals surface area contributed by atoms with Crippen molar-refractivity contribution in [3.8, 4) is 0 Å². The normalized spacial score (nSPS) is 25.7. The Bertz CT molecular complexity index is 884. The fourth-order valence-corrected chi connectivity index (χ4v) is 4.02. The molecule has 5 N–H and O–H groups in total. The first-order chi connectivity index (χ1) is 13.0. The molecule has 1 saturated carbocycles. The van der Waals surface area contributed by atoms with Gasteiger partial charge in [0.1, 0.15) is 5.02 Å². The average molecular weight is 390 g/mol. The van der Waals surface area contributed by atoms with Crippen molar-refractivity contribution in [3.05, 3.63) is 35.8 Å². The first kappa shape index (κ1) is 17.7. The van der Waals surface area contributed by atoms with E-state index >= 15 is 0 Å². The molecule has 0 saturated heterocycles. The Balaban J connectivity index is 1.52. The smallest absolute Gasteiger partial charge is 0.229 e. The number of hydrogen-bond acceptors (Lipinski definition) is 7. The molecule has 1 amide bonds. The Morgan fingerprint density at radius 3 is 2.96 bits per heavy atom. The number of primary amides is 1. The van der Waals surface area contributed by atoms with Crippen LogP contribution in [0, 0.1) is 17.8 Å². The third-order valence-electron chi connectivity index (χ3n) is 5.05. The number of aliphatic hydroxyl groups is 1. The highest BCUT2D eigenvalue weighted by Gasteiger charge is 2.47. The minimum absolute atomic E-state index is 0.00561. The first-order valence-electron chi connectivity index (χ1n) is 8.72. The van der Waals surface area contributed by atoms with Crippen molar-refractivity contribution in [2.24, 2.45) is 23.5 Å². The van der Waals surface area contributed by atoms with Crippen LogP contribution in [0.25, 0.3) is 0 Å². The zero-order valence-corrected chi connectivity index (χ0v) is 15.2. The molecule has 2 aromatic heterocycles. The largest absolute Gasteiger partial charge is 0.394 e. The SMILES string of the molecule is NC(=O)[C@@H]1[C@H](Nc2nc(Nc3cnn(CCO)c3)ncc2Cl)[C@H]2C=C[C@H]1C2. The molecule has 2 aromatic rings. The predicted octanol–water partition coefficient (Wildman–Crippen LogP) is 1.15. The summed E-state index contributed by atoms with van der Waals surface area (Å²) in [6, 6.07) is -0.134. The number of amides is 1. The van der Waals surface area contributed by atoms with E-state index in [1.807, 2.05) is 0 Å². The second-order valence-electron chi connectivity index (χ2n) is 6.78. The second-order valence-corrected chi connectivity index (χ2v) is 7.18. The highest BCUT2D eigenvalue weighted by atomic mass is 35.5. The molecule has 4 atom stereocenters. The van der Waals surface area contributed by atoms with Crippen LogP contribution in [0.3, 0.4) is 0 Å². The van der Waals surface area contributed by atoms with Crippen molar-refractivity contribution in [3.63, 3.8) is 0 Å². The van der Waals surface area contributed by atoms with Gasteiger partial charge in [-0.2, -0.15) is 10.1 Å². The maximum absolute atomic E-state index is 11.9. The lowest BCUT2D eigenvalue weighted by Crippen LogP contribution is -2.41. The molecule has 142 valence electrons. The van der Waals surface area contributed by atoms with Crippen LogP contribution in [-0.4, -0.2) is 43.4 Å². The Morgan fingerprint density at radius 2 is 2.19 bits per heavy atom. The number of allylic oxidation sites excluding steroid dienone is 1. The summed E-state index contributed by atoms with van der Waals surface area (Å²) in [5.41, 5.74) is 6.30. The van der Waals surface area contributed by atoms with Crippen molar-refractivity contribution in [2.45, 2.75) is 19.0 Å². The van der Waals surface area contributed by atoms with Crippen LogP contribution in [0.4, 0.5) is 17.5 Å². The van der Waals surface area contributed by atoms with E-state index in [9.17, 15) is 4.79 Å². The number of carbonyl (C=O) groups is 1. The van der Waals surface area contributed by atoms with Crippen LogP contribution in [0.15, 0.2) is 30.7 Å². The molecule has 0 aromatic carbocycles. The van der Waals surface area contributed by atoms with E-state index in [-0.39, 0.29) is 36.3 Å². The Kier molecular flexibility index (Phi) is 4.71. The minimum atomic E-state index is -0.316. The van der Waals surface area contributed by atoms with Crippen molar-refractivity contribution in [1.29, 1.82) is 0 Å². The summed E-state index contributed by atoms with van der Waals surface area (Å²) in [7, 11) is 0. The van der Waals surface area contributed by atoms with E-state index in [1.54, 1.807) is 17.1 Å². The molecule has 2 aliphatic carbocycles. The summed E-state index contributed by atoms with van der Waals surface area (Å²) in [5, 5.41) is 19.8. The molecular weight excluding hydrogens is 370 g/mol. The molecule has 2 bridgehead atoms. The molecule has 27 heavy (non-hydrogen) atoms. The molecule has 9 nitrogen and oxygen atoms in total. The monoisotopic (exact) mass is 389 g/mol. The van der Waals surface area contributed by atoms with E-state index in [4.69, 9.17) is 22.4 Å². The van der Waals surface area contributed by atoms with Crippen LogP contribution in [-0.2, 0) is 11.3 Å². The number of nitrogens with two attached hydrogens (primary N) is 1. The van der Waals surface area contributed by atoms with E-state index < -0.39 is 0 Å². The number of hydrogen-bond donors (Lipinski definition) is 4. The van der Waals surface area contributed by atoms with Gasteiger partial charge in [-0.25, -0.2) is 4.98 Å². The molecule has 0 unspecified atom stereocenters. The lowest BCUT2D eigenvalue weighted by atomic mass is 9.88. The number of anilines is 3. The fourth-order valence-electron chi connectivity index (χ4n) is 3.88. The molecule has 4 rings (SSSR count). The summed E-state index contributed by atoms with van der Waals surface area (Å²) >= 11 is 6.26. The van der Waals surface area contributed by atoms with E-state index in [1.165, 1.54) is 6.20 Å². The van der Waals surface area contributed by atoms with Gasteiger partial charge in [-0.1, -0.05) is 23.8 Å². The number of nitrogens with one attached hydrogen (secondary N) is 2. The highest BCUT2D eigenvalue weighted by Crippen LogP contribution is 2.45. The molecule has 10 heteroatoms. The van der Waals surface area contributed by atoms with Crippen molar-refractivity contribution < 1.29 is 9.90 Å². The summed E-state index contributed by atoms with van der Waals surface area (Å²) < 4.78 is 1.61. The number of rotatable bonds is 7. The summed E-state index contributed by atoms with van der Waals surface area (Å²) in [5.74, 6) is 0.601. The number of carbonyl (C=O) groups excluding carboxylic acids is 1. The standard InChI is InChI=1S/C17H20ClN7O2/c18-12-7-20-17(22-11-6-21-25(8-11)3-4-26)24-16(12)23-14-10-2-1-9(5-10)13(14)15(19)27/h1-2,6-10,13-14,26H,3-5H2,(H2,19,27)(H2,20,22,23,24)/t9-,10-,13-,14+/m0/s1. The van der Waals surface area contributed by atoms with Crippen LogP contribution >= 0.6 is 11.6 Å². The van der Waals surface area contributed by atoms with Gasteiger partial charge in [0.05, 0.1) is 37.2 Å². The number of halogens is 1. The van der Waals surface area contributed by atoms with Gasteiger partial charge in [-0.05, 0) is 18.3 Å². The van der Waals surface area contributed by atoms with Gasteiger partial charge >= 0.3 is 0 Å². The molecule has 1 fully saturated rings. The van der Waals surface area contributed by atoms with Crippen LogP contribution in [0.1, 0.15) is 6.42 Å². The van der Waals surface area contributed by atoms with Gasteiger partial charge in [0.25, 0.3) is 0 Å². The summed E-state index contributed by atoms with van der Waals surface area (Å²) in [6.07, 6.45) is 9.95.